The molecule has 0 amide bonds. The summed E-state index contributed by atoms with van der Waals surface area (Å²) in [4.78, 5) is 22.7. The summed E-state index contributed by atoms with van der Waals surface area (Å²) in [7, 11) is 0. The van der Waals surface area contributed by atoms with Gasteiger partial charge < -0.3 is 10.4 Å². The zero-order chi connectivity index (χ0) is 11.5. The van der Waals surface area contributed by atoms with Crippen molar-refractivity contribution in [3.8, 4) is 0 Å². The number of aromatic nitrogens is 3. The summed E-state index contributed by atoms with van der Waals surface area (Å²) < 4.78 is 0. The van der Waals surface area contributed by atoms with Crippen molar-refractivity contribution in [2.45, 2.75) is 6.92 Å². The molecule has 82 valence electrons. The van der Waals surface area contributed by atoms with Crippen molar-refractivity contribution < 1.29 is 9.90 Å². The molecular weight excluding hydrogens is 228 g/mol. The highest BCUT2D eigenvalue weighted by Crippen LogP contribution is 2.26. The maximum atomic E-state index is 10.9. The molecule has 0 radical (unpaired) electrons. The largest absolute Gasteiger partial charge is 0.476 e. The fraction of sp³-hybridized carbons (Fsp3) is 0.111. The topological polar surface area (TPSA) is 88.0 Å². The third kappa shape index (κ3) is 2.14. The summed E-state index contributed by atoms with van der Waals surface area (Å²) in [5.41, 5.74) is -0.00467. The van der Waals surface area contributed by atoms with Crippen LogP contribution in [0.5, 0.6) is 0 Å². The first-order valence-electron chi connectivity index (χ1n) is 4.41. The summed E-state index contributed by atoms with van der Waals surface area (Å²) in [5, 5.41) is 12.9. The van der Waals surface area contributed by atoms with Gasteiger partial charge in [0.1, 0.15) is 5.00 Å². The van der Waals surface area contributed by atoms with Gasteiger partial charge in [-0.1, -0.05) is 0 Å². The zero-order valence-corrected chi connectivity index (χ0v) is 9.15. The first-order chi connectivity index (χ1) is 7.66. The highest BCUT2D eigenvalue weighted by Gasteiger charge is 2.16. The van der Waals surface area contributed by atoms with Crippen LogP contribution in [0.3, 0.4) is 0 Å². The second-order valence-corrected chi connectivity index (χ2v) is 4.12. The number of rotatable bonds is 3. The van der Waals surface area contributed by atoms with Crippen LogP contribution in [0.1, 0.15) is 15.5 Å². The fourth-order valence-corrected chi connectivity index (χ4v) is 1.93. The van der Waals surface area contributed by atoms with Crippen molar-refractivity contribution in [3.05, 3.63) is 29.2 Å². The van der Waals surface area contributed by atoms with Crippen LogP contribution >= 0.6 is 11.3 Å². The van der Waals surface area contributed by atoms with Crippen molar-refractivity contribution in [1.29, 1.82) is 0 Å². The fourth-order valence-electron chi connectivity index (χ4n) is 1.12. The quantitative estimate of drug-likeness (QED) is 0.843. The number of carboxylic acid groups (broad SMARTS) is 1. The third-order valence-corrected chi connectivity index (χ3v) is 2.61. The van der Waals surface area contributed by atoms with Crippen LogP contribution in [-0.2, 0) is 0 Å². The van der Waals surface area contributed by atoms with E-state index in [0.717, 1.165) is 0 Å². The second-order valence-electron chi connectivity index (χ2n) is 2.91. The van der Waals surface area contributed by atoms with Gasteiger partial charge in [0.15, 0.2) is 5.69 Å². The number of aryl methyl sites for hydroxylation is 1. The van der Waals surface area contributed by atoms with E-state index in [0.29, 0.717) is 16.0 Å². The van der Waals surface area contributed by atoms with E-state index in [-0.39, 0.29) is 5.69 Å². The van der Waals surface area contributed by atoms with Crippen molar-refractivity contribution in [1.82, 2.24) is 15.0 Å². The van der Waals surface area contributed by atoms with Gasteiger partial charge in [-0.15, -0.1) is 11.3 Å². The molecule has 0 aliphatic rings. The van der Waals surface area contributed by atoms with Gasteiger partial charge in [0.2, 0.25) is 5.95 Å². The molecule has 2 aromatic rings. The molecule has 0 aliphatic carbocycles. The smallest absolute Gasteiger partial charge is 0.357 e. The number of nitrogens with one attached hydrogen (secondary N) is 1. The standard InChI is InChI=1S/C9H8N4O2S/c1-5-12-6(8(14)15)7(16-5)13-9-10-3-2-4-11-9/h2-4H,1H3,(H,14,15)(H,10,11,13). The van der Waals surface area contributed by atoms with Crippen LogP contribution in [0.2, 0.25) is 0 Å². The number of nitrogens with zero attached hydrogens (tertiary/aromatic N) is 3. The Morgan fingerprint density at radius 3 is 2.75 bits per heavy atom. The normalized spacial score (nSPS) is 10.1. The van der Waals surface area contributed by atoms with E-state index in [1.165, 1.54) is 11.3 Å². The molecule has 0 saturated heterocycles. The Labute approximate surface area is 95.0 Å². The number of carbonyl (C=O) groups is 1. The first kappa shape index (κ1) is 10.5. The lowest BCUT2D eigenvalue weighted by molar-refractivity contribution is 0.0692. The number of aromatic carboxylic acids is 1. The van der Waals surface area contributed by atoms with Gasteiger partial charge in [0.05, 0.1) is 5.01 Å². The summed E-state index contributed by atoms with van der Waals surface area (Å²) in [6, 6.07) is 1.68. The van der Waals surface area contributed by atoms with E-state index in [1.807, 2.05) is 0 Å². The number of carboxylic acids is 1. The molecule has 2 aromatic heterocycles. The molecule has 2 rings (SSSR count). The summed E-state index contributed by atoms with van der Waals surface area (Å²) in [6.07, 6.45) is 3.15. The Morgan fingerprint density at radius 1 is 1.44 bits per heavy atom. The Bertz CT molecular complexity index is 511. The molecule has 2 heterocycles. The molecule has 0 bridgehead atoms. The first-order valence-corrected chi connectivity index (χ1v) is 5.23. The van der Waals surface area contributed by atoms with Crippen molar-refractivity contribution >= 4 is 28.3 Å². The zero-order valence-electron chi connectivity index (χ0n) is 8.34. The average Bonchev–Trinajstić information content (AvgIpc) is 2.61. The number of thiazole rings is 1. The van der Waals surface area contributed by atoms with Gasteiger partial charge in [-0.25, -0.2) is 19.7 Å². The SMILES string of the molecule is Cc1nc(C(=O)O)c(Nc2ncccn2)s1. The van der Waals surface area contributed by atoms with Crippen LogP contribution in [0.4, 0.5) is 10.9 Å². The maximum absolute atomic E-state index is 10.9. The Balaban J connectivity index is 2.31. The number of anilines is 2. The van der Waals surface area contributed by atoms with Crippen LogP contribution in [0.25, 0.3) is 0 Å². The molecule has 0 fully saturated rings. The van der Waals surface area contributed by atoms with Gasteiger partial charge in [-0.05, 0) is 13.0 Å². The predicted molar refractivity (Wildman–Crippen MR) is 59.1 cm³/mol. The minimum absolute atomic E-state index is 0.00467. The van der Waals surface area contributed by atoms with E-state index in [2.05, 4.69) is 20.3 Å². The highest BCUT2D eigenvalue weighted by atomic mass is 32.1. The van der Waals surface area contributed by atoms with Gasteiger partial charge >= 0.3 is 5.97 Å². The van der Waals surface area contributed by atoms with Crippen LogP contribution in [-0.4, -0.2) is 26.0 Å². The maximum Gasteiger partial charge on any atom is 0.357 e. The second kappa shape index (κ2) is 4.23. The van der Waals surface area contributed by atoms with Crippen molar-refractivity contribution in [2.75, 3.05) is 5.32 Å². The van der Waals surface area contributed by atoms with Gasteiger partial charge in [-0.3, -0.25) is 0 Å². The summed E-state index contributed by atoms with van der Waals surface area (Å²) >= 11 is 1.25. The lowest BCUT2D eigenvalue weighted by Gasteiger charge is -2.00. The van der Waals surface area contributed by atoms with E-state index in [1.54, 1.807) is 25.4 Å². The summed E-state index contributed by atoms with van der Waals surface area (Å²) in [5.74, 6) is -0.712. The van der Waals surface area contributed by atoms with E-state index in [4.69, 9.17) is 5.11 Å². The van der Waals surface area contributed by atoms with Gasteiger partial charge in [-0.2, -0.15) is 0 Å². The molecule has 0 spiro atoms. The van der Waals surface area contributed by atoms with Crippen LogP contribution in [0.15, 0.2) is 18.5 Å². The average molecular weight is 236 g/mol. The van der Waals surface area contributed by atoms with Crippen molar-refractivity contribution in [2.24, 2.45) is 0 Å². The van der Waals surface area contributed by atoms with Crippen LogP contribution in [0, 0.1) is 6.92 Å². The Kier molecular flexibility index (Phi) is 2.78. The van der Waals surface area contributed by atoms with Gasteiger partial charge in [0, 0.05) is 12.4 Å². The molecule has 7 heteroatoms. The molecule has 6 nitrogen and oxygen atoms in total. The van der Waals surface area contributed by atoms with E-state index in [9.17, 15) is 4.79 Å². The summed E-state index contributed by atoms with van der Waals surface area (Å²) in [6.45, 7) is 1.74. The van der Waals surface area contributed by atoms with E-state index >= 15 is 0 Å². The molecule has 0 unspecified atom stereocenters. The lowest BCUT2D eigenvalue weighted by atomic mass is 10.4. The molecule has 16 heavy (non-hydrogen) atoms. The minimum Gasteiger partial charge on any atom is -0.476 e. The van der Waals surface area contributed by atoms with Crippen LogP contribution < -0.4 is 5.32 Å². The Hall–Kier alpha value is -2.02. The molecule has 0 saturated carbocycles. The minimum atomic E-state index is -1.07. The molecule has 2 N–H and O–H groups in total. The highest BCUT2D eigenvalue weighted by molar-refractivity contribution is 7.16. The predicted octanol–water partition coefficient (Wildman–Crippen LogP) is 1.68. The van der Waals surface area contributed by atoms with Crippen molar-refractivity contribution in [3.63, 3.8) is 0 Å². The third-order valence-electron chi connectivity index (χ3n) is 1.73. The molecule has 0 atom stereocenters. The number of hydrogen-bond acceptors (Lipinski definition) is 6. The lowest BCUT2D eigenvalue weighted by Crippen LogP contribution is -2.02. The molecule has 0 aromatic carbocycles. The Morgan fingerprint density at radius 2 is 2.12 bits per heavy atom. The monoisotopic (exact) mass is 236 g/mol. The van der Waals surface area contributed by atoms with Gasteiger partial charge in [0.25, 0.3) is 0 Å². The molecular formula is C9H8N4O2S. The van der Waals surface area contributed by atoms with E-state index < -0.39 is 5.97 Å². The molecule has 0 aliphatic heterocycles. The number of hydrogen-bond donors (Lipinski definition) is 2.